The van der Waals surface area contributed by atoms with E-state index in [1.54, 1.807) is 19.1 Å². The lowest BCUT2D eigenvalue weighted by atomic mass is 10.3. The van der Waals surface area contributed by atoms with Gasteiger partial charge < -0.3 is 0 Å². The number of nitro groups is 1. The largest absolute Gasteiger partial charge is 0.299 e. The van der Waals surface area contributed by atoms with Crippen molar-refractivity contribution in [2.75, 3.05) is 0 Å². The Hall–Kier alpha value is -3.26. The van der Waals surface area contributed by atoms with E-state index >= 15 is 0 Å². The number of halogens is 1. The predicted octanol–water partition coefficient (Wildman–Crippen LogP) is 4.45. The molecule has 3 rings (SSSR count). The van der Waals surface area contributed by atoms with E-state index < -0.39 is 4.92 Å². The summed E-state index contributed by atoms with van der Waals surface area (Å²) in [7, 11) is 0. The van der Waals surface area contributed by atoms with Crippen molar-refractivity contribution < 1.29 is 4.92 Å². The third kappa shape index (κ3) is 3.33. The van der Waals surface area contributed by atoms with Crippen molar-refractivity contribution in [1.29, 1.82) is 0 Å². The normalized spacial score (nSPS) is 11.1. The first kappa shape index (κ1) is 16.6. The van der Waals surface area contributed by atoms with Crippen molar-refractivity contribution in [3.05, 3.63) is 79.7 Å². The highest BCUT2D eigenvalue weighted by Gasteiger charge is 2.13. The second kappa shape index (κ2) is 6.70. The van der Waals surface area contributed by atoms with Crippen molar-refractivity contribution in [1.82, 2.24) is 9.78 Å². The molecule has 0 saturated carbocycles. The number of hydrogen-bond donors (Lipinski definition) is 1. The van der Waals surface area contributed by atoms with Crippen LogP contribution in [-0.4, -0.2) is 14.7 Å². The maximum atomic E-state index is 12.5. The average molecular weight is 358 g/mol. The number of H-pyrrole nitrogens is 1. The molecular formula is C16H12ClN5O3. The number of aromatic nitrogens is 2. The summed E-state index contributed by atoms with van der Waals surface area (Å²) in [5, 5.41) is 21.8. The summed E-state index contributed by atoms with van der Waals surface area (Å²) in [5.74, 6) is 0. The van der Waals surface area contributed by atoms with E-state index in [1.807, 2.05) is 18.2 Å². The molecule has 0 spiro atoms. The monoisotopic (exact) mass is 357 g/mol. The number of aromatic amines is 1. The van der Waals surface area contributed by atoms with Crippen LogP contribution in [0, 0.1) is 17.0 Å². The fourth-order valence-electron chi connectivity index (χ4n) is 2.21. The first-order valence-electron chi connectivity index (χ1n) is 7.20. The van der Waals surface area contributed by atoms with Gasteiger partial charge in [0.15, 0.2) is 5.69 Å². The Morgan fingerprint density at radius 1 is 1.16 bits per heavy atom. The molecule has 0 radical (unpaired) electrons. The first-order valence-corrected chi connectivity index (χ1v) is 7.58. The predicted molar refractivity (Wildman–Crippen MR) is 93.4 cm³/mol. The average Bonchev–Trinajstić information content (AvgIpc) is 2.89. The fourth-order valence-corrected chi connectivity index (χ4v) is 2.36. The zero-order valence-corrected chi connectivity index (χ0v) is 13.8. The Morgan fingerprint density at radius 3 is 2.56 bits per heavy atom. The zero-order chi connectivity index (χ0) is 18.0. The molecule has 0 unspecified atom stereocenters. The highest BCUT2D eigenvalue weighted by atomic mass is 35.5. The molecule has 3 aromatic rings. The molecule has 1 heterocycles. The van der Waals surface area contributed by atoms with Crippen molar-refractivity contribution in [3.63, 3.8) is 0 Å². The van der Waals surface area contributed by atoms with Gasteiger partial charge in [-0.2, -0.15) is 0 Å². The van der Waals surface area contributed by atoms with Gasteiger partial charge in [0, 0.05) is 12.1 Å². The number of nitrogens with zero attached hydrogens (tertiary/aromatic N) is 4. The Balaban J connectivity index is 2.01. The fraction of sp³-hybridized carbons (Fsp3) is 0.0625. The Kier molecular flexibility index (Phi) is 4.44. The van der Waals surface area contributed by atoms with Gasteiger partial charge in [0.05, 0.1) is 21.3 Å². The van der Waals surface area contributed by atoms with Gasteiger partial charge in [-0.1, -0.05) is 29.8 Å². The number of benzene rings is 2. The third-order valence-corrected chi connectivity index (χ3v) is 3.77. The topological polar surface area (TPSA) is 106 Å². The molecule has 8 nitrogen and oxygen atoms in total. The van der Waals surface area contributed by atoms with E-state index in [0.717, 1.165) is 0 Å². The Morgan fingerprint density at radius 2 is 1.88 bits per heavy atom. The number of nitrogens with one attached hydrogen (secondary N) is 1. The number of nitro benzene ring substituents is 1. The van der Waals surface area contributed by atoms with Crippen molar-refractivity contribution in [2.45, 2.75) is 6.92 Å². The Labute approximate surface area is 146 Å². The van der Waals surface area contributed by atoms with E-state index in [1.165, 1.54) is 22.9 Å². The molecular weight excluding hydrogens is 346 g/mol. The minimum atomic E-state index is -0.556. The zero-order valence-electron chi connectivity index (χ0n) is 13.0. The molecule has 126 valence electrons. The van der Waals surface area contributed by atoms with Crippen LogP contribution >= 0.6 is 11.6 Å². The lowest BCUT2D eigenvalue weighted by molar-refractivity contribution is -0.384. The summed E-state index contributed by atoms with van der Waals surface area (Å²) >= 11 is 5.98. The maximum Gasteiger partial charge on any atom is 0.299 e. The standard InChI is InChI=1S/C16H12ClN5O3/c1-10-15(16(23)21(20-10)11-5-3-2-4-6-11)19-18-14-9-12(22(24)25)7-8-13(14)17/h2-9,20H,1H3. The van der Waals surface area contributed by atoms with Crippen molar-refractivity contribution >= 4 is 28.7 Å². The van der Waals surface area contributed by atoms with Crippen LogP contribution in [0.3, 0.4) is 0 Å². The van der Waals surface area contributed by atoms with Crippen LogP contribution < -0.4 is 5.56 Å². The quantitative estimate of drug-likeness (QED) is 0.423. The summed E-state index contributed by atoms with van der Waals surface area (Å²) < 4.78 is 1.35. The van der Waals surface area contributed by atoms with Gasteiger partial charge >= 0.3 is 0 Å². The lowest BCUT2D eigenvalue weighted by Crippen LogP contribution is -2.13. The highest BCUT2D eigenvalue weighted by Crippen LogP contribution is 2.30. The first-order chi connectivity index (χ1) is 12.0. The molecule has 0 atom stereocenters. The second-order valence-corrected chi connectivity index (χ2v) is 5.56. The van der Waals surface area contributed by atoms with E-state index in [2.05, 4.69) is 15.3 Å². The van der Waals surface area contributed by atoms with Gasteiger partial charge in [0.25, 0.3) is 11.2 Å². The van der Waals surface area contributed by atoms with Gasteiger partial charge in [-0.3, -0.25) is 20.0 Å². The van der Waals surface area contributed by atoms with Crippen molar-refractivity contribution in [2.24, 2.45) is 10.2 Å². The van der Waals surface area contributed by atoms with Gasteiger partial charge in [0.1, 0.15) is 5.69 Å². The summed E-state index contributed by atoms with van der Waals surface area (Å²) in [4.78, 5) is 22.8. The third-order valence-electron chi connectivity index (χ3n) is 3.45. The summed E-state index contributed by atoms with van der Waals surface area (Å²) in [6, 6.07) is 12.8. The summed E-state index contributed by atoms with van der Waals surface area (Å²) in [6.45, 7) is 1.68. The van der Waals surface area contributed by atoms with Gasteiger partial charge in [-0.05, 0) is 25.1 Å². The van der Waals surface area contributed by atoms with E-state index in [-0.39, 0.29) is 27.6 Å². The van der Waals surface area contributed by atoms with Crippen LogP contribution in [0.4, 0.5) is 17.1 Å². The van der Waals surface area contributed by atoms with Crippen LogP contribution in [0.25, 0.3) is 5.69 Å². The van der Waals surface area contributed by atoms with Crippen LogP contribution in [0.5, 0.6) is 0 Å². The number of para-hydroxylation sites is 1. The van der Waals surface area contributed by atoms with Gasteiger partial charge in [0.2, 0.25) is 0 Å². The summed E-state index contributed by atoms with van der Waals surface area (Å²) in [6.07, 6.45) is 0. The van der Waals surface area contributed by atoms with Crippen LogP contribution in [0.2, 0.25) is 5.02 Å². The van der Waals surface area contributed by atoms with E-state index in [4.69, 9.17) is 11.6 Å². The van der Waals surface area contributed by atoms with Crippen LogP contribution in [-0.2, 0) is 0 Å². The SMILES string of the molecule is Cc1[nH]n(-c2ccccc2)c(=O)c1N=Nc1cc([N+](=O)[O-])ccc1Cl. The molecule has 25 heavy (non-hydrogen) atoms. The number of non-ortho nitro benzene ring substituents is 1. The number of hydrogen-bond acceptors (Lipinski definition) is 5. The lowest BCUT2D eigenvalue weighted by Gasteiger charge is -1.99. The van der Waals surface area contributed by atoms with Crippen LogP contribution in [0.1, 0.15) is 5.69 Å². The second-order valence-electron chi connectivity index (χ2n) is 5.15. The molecule has 0 bridgehead atoms. The molecule has 1 N–H and O–H groups in total. The molecule has 0 aliphatic heterocycles. The molecule has 9 heteroatoms. The number of aryl methyl sites for hydroxylation is 1. The maximum absolute atomic E-state index is 12.5. The molecule has 0 fully saturated rings. The molecule has 1 aromatic heterocycles. The molecule has 0 saturated heterocycles. The minimum Gasteiger partial charge on any atom is -0.293 e. The summed E-state index contributed by atoms with van der Waals surface area (Å²) in [5.41, 5.74) is 0.845. The molecule has 0 aliphatic carbocycles. The molecule has 0 aliphatic rings. The highest BCUT2D eigenvalue weighted by molar-refractivity contribution is 6.33. The Bertz CT molecular complexity index is 1020. The van der Waals surface area contributed by atoms with Crippen LogP contribution in [0.15, 0.2) is 63.6 Å². The van der Waals surface area contributed by atoms with E-state index in [9.17, 15) is 14.9 Å². The molecule has 0 amide bonds. The molecule has 2 aromatic carbocycles. The minimum absolute atomic E-state index is 0.103. The van der Waals surface area contributed by atoms with Gasteiger partial charge in [-0.15, -0.1) is 10.2 Å². The van der Waals surface area contributed by atoms with Crippen molar-refractivity contribution in [3.8, 4) is 5.69 Å². The number of rotatable bonds is 4. The number of azo groups is 1. The smallest absolute Gasteiger partial charge is 0.293 e. The van der Waals surface area contributed by atoms with E-state index in [0.29, 0.717) is 11.4 Å². The van der Waals surface area contributed by atoms with Gasteiger partial charge in [-0.25, -0.2) is 4.68 Å².